The van der Waals surface area contributed by atoms with E-state index in [0.29, 0.717) is 25.1 Å². The van der Waals surface area contributed by atoms with Gasteiger partial charge in [-0.3, -0.25) is 4.79 Å². The molecule has 0 heterocycles. The summed E-state index contributed by atoms with van der Waals surface area (Å²) in [5.41, 5.74) is 5.22. The first-order valence-electron chi connectivity index (χ1n) is 7.56. The Kier molecular flexibility index (Phi) is 6.27. The van der Waals surface area contributed by atoms with Gasteiger partial charge in [0.25, 0.3) is 0 Å². The molecular formula is C15H30N2O2. The molecule has 1 aliphatic rings. The van der Waals surface area contributed by atoms with Crippen LogP contribution < -0.4 is 5.73 Å². The maximum absolute atomic E-state index is 11.8. The summed E-state index contributed by atoms with van der Waals surface area (Å²) in [4.78, 5) is 14.2. The summed E-state index contributed by atoms with van der Waals surface area (Å²) in [5.74, 6) is -0.293. The summed E-state index contributed by atoms with van der Waals surface area (Å²) in [6.07, 6.45) is 7.16. The Bertz CT molecular complexity index is 286. The van der Waals surface area contributed by atoms with Gasteiger partial charge in [0.2, 0.25) is 0 Å². The molecule has 2 unspecified atom stereocenters. The zero-order valence-corrected chi connectivity index (χ0v) is 12.9. The molecule has 112 valence electrons. The molecular weight excluding hydrogens is 240 g/mol. The molecule has 0 bridgehead atoms. The average molecular weight is 270 g/mol. The van der Waals surface area contributed by atoms with Crippen LogP contribution in [0.15, 0.2) is 0 Å². The quantitative estimate of drug-likeness (QED) is 0.753. The lowest BCUT2D eigenvalue weighted by Crippen LogP contribution is -2.52. The minimum absolute atomic E-state index is 0.293. The largest absolute Gasteiger partial charge is 0.465 e. The fraction of sp³-hybridized carbons (Fsp3) is 0.933. The lowest BCUT2D eigenvalue weighted by molar-refractivity contribution is -0.149. The van der Waals surface area contributed by atoms with Crippen molar-refractivity contribution in [2.45, 2.75) is 76.9 Å². The third-order valence-corrected chi connectivity index (χ3v) is 4.31. The number of ether oxygens (including phenoxy) is 1. The number of hydrogen-bond acceptors (Lipinski definition) is 4. The van der Waals surface area contributed by atoms with E-state index in [4.69, 9.17) is 10.5 Å². The summed E-state index contributed by atoms with van der Waals surface area (Å²) in [5, 5.41) is 0. The Hall–Kier alpha value is -0.610. The highest BCUT2D eigenvalue weighted by Gasteiger charge is 2.34. The third kappa shape index (κ3) is 4.77. The number of nitrogens with two attached hydrogens (primary N) is 1. The zero-order chi connectivity index (χ0) is 14.5. The van der Waals surface area contributed by atoms with E-state index in [2.05, 4.69) is 18.9 Å². The maximum atomic E-state index is 11.8. The van der Waals surface area contributed by atoms with Crippen LogP contribution in [-0.4, -0.2) is 42.1 Å². The van der Waals surface area contributed by atoms with Crippen LogP contribution in [0.5, 0.6) is 0 Å². The van der Waals surface area contributed by atoms with Gasteiger partial charge < -0.3 is 15.4 Å². The van der Waals surface area contributed by atoms with Gasteiger partial charge in [-0.1, -0.05) is 19.3 Å². The first-order valence-corrected chi connectivity index (χ1v) is 7.56. The fourth-order valence-corrected chi connectivity index (χ4v) is 2.99. The number of hydrogen-bond donors (Lipinski definition) is 1. The molecule has 0 aromatic carbocycles. The second-order valence-corrected chi connectivity index (χ2v) is 6.15. The van der Waals surface area contributed by atoms with Crippen LogP contribution >= 0.6 is 0 Å². The predicted octanol–water partition coefficient (Wildman–Crippen LogP) is 2.31. The molecule has 0 saturated heterocycles. The van der Waals surface area contributed by atoms with Crippen LogP contribution in [0.25, 0.3) is 0 Å². The van der Waals surface area contributed by atoms with Gasteiger partial charge in [0.05, 0.1) is 6.61 Å². The van der Waals surface area contributed by atoms with Crippen molar-refractivity contribution in [3.05, 3.63) is 0 Å². The first-order chi connectivity index (χ1) is 8.88. The molecule has 0 spiro atoms. The molecule has 1 aliphatic carbocycles. The van der Waals surface area contributed by atoms with E-state index < -0.39 is 5.54 Å². The van der Waals surface area contributed by atoms with E-state index in [9.17, 15) is 4.79 Å². The third-order valence-electron chi connectivity index (χ3n) is 4.31. The zero-order valence-electron chi connectivity index (χ0n) is 12.9. The van der Waals surface area contributed by atoms with Crippen molar-refractivity contribution in [2.75, 3.05) is 13.7 Å². The highest BCUT2D eigenvalue weighted by molar-refractivity contribution is 5.80. The molecule has 2 N–H and O–H groups in total. The Labute approximate surface area is 117 Å². The molecule has 2 atom stereocenters. The van der Waals surface area contributed by atoms with Gasteiger partial charge in [-0.15, -0.1) is 0 Å². The van der Waals surface area contributed by atoms with E-state index >= 15 is 0 Å². The molecule has 4 heteroatoms. The van der Waals surface area contributed by atoms with Crippen LogP contribution in [0.4, 0.5) is 0 Å². The molecule has 19 heavy (non-hydrogen) atoms. The van der Waals surface area contributed by atoms with Gasteiger partial charge in [0.1, 0.15) is 5.54 Å². The topological polar surface area (TPSA) is 55.6 Å². The normalized spacial score (nSPS) is 22.0. The Morgan fingerprint density at radius 3 is 2.53 bits per heavy atom. The summed E-state index contributed by atoms with van der Waals surface area (Å²) in [7, 11) is 2.15. The Morgan fingerprint density at radius 2 is 2.00 bits per heavy atom. The van der Waals surface area contributed by atoms with E-state index in [1.807, 2.05) is 6.92 Å². The van der Waals surface area contributed by atoms with E-state index in [-0.39, 0.29) is 5.97 Å². The Morgan fingerprint density at radius 1 is 1.42 bits per heavy atom. The monoisotopic (exact) mass is 270 g/mol. The van der Waals surface area contributed by atoms with Crippen molar-refractivity contribution in [1.82, 2.24) is 4.90 Å². The van der Waals surface area contributed by atoms with Gasteiger partial charge in [0.15, 0.2) is 0 Å². The van der Waals surface area contributed by atoms with Crippen LogP contribution in [0, 0.1) is 0 Å². The molecule has 1 rings (SSSR count). The van der Waals surface area contributed by atoms with E-state index in [1.54, 1.807) is 6.92 Å². The second-order valence-electron chi connectivity index (χ2n) is 6.15. The van der Waals surface area contributed by atoms with Crippen LogP contribution in [0.3, 0.4) is 0 Å². The smallest absolute Gasteiger partial charge is 0.325 e. The maximum Gasteiger partial charge on any atom is 0.325 e. The van der Waals surface area contributed by atoms with Gasteiger partial charge >= 0.3 is 5.97 Å². The number of nitrogens with zero attached hydrogens (tertiary/aromatic N) is 1. The van der Waals surface area contributed by atoms with E-state index in [1.165, 1.54) is 32.1 Å². The highest BCUT2D eigenvalue weighted by atomic mass is 16.5. The number of carbonyl (C=O) groups excluding carboxylic acids is 1. The van der Waals surface area contributed by atoms with Gasteiger partial charge in [-0.05, 0) is 47.1 Å². The van der Waals surface area contributed by atoms with Crippen LogP contribution in [-0.2, 0) is 9.53 Å². The number of carbonyl (C=O) groups is 1. The number of rotatable bonds is 6. The summed E-state index contributed by atoms with van der Waals surface area (Å²) in [6, 6.07) is 0.934. The van der Waals surface area contributed by atoms with Gasteiger partial charge in [-0.25, -0.2) is 0 Å². The molecule has 0 aliphatic heterocycles. The molecule has 0 aromatic rings. The molecule has 1 fully saturated rings. The van der Waals surface area contributed by atoms with Crippen LogP contribution in [0.1, 0.15) is 59.3 Å². The fourth-order valence-electron chi connectivity index (χ4n) is 2.99. The van der Waals surface area contributed by atoms with Crippen molar-refractivity contribution in [2.24, 2.45) is 5.73 Å². The summed E-state index contributed by atoms with van der Waals surface area (Å²) < 4.78 is 5.05. The van der Waals surface area contributed by atoms with Crippen molar-refractivity contribution in [3.8, 4) is 0 Å². The van der Waals surface area contributed by atoms with Crippen molar-refractivity contribution in [1.29, 1.82) is 0 Å². The van der Waals surface area contributed by atoms with E-state index in [0.717, 1.165) is 0 Å². The lowest BCUT2D eigenvalue weighted by Gasteiger charge is -2.38. The van der Waals surface area contributed by atoms with Crippen molar-refractivity contribution < 1.29 is 9.53 Å². The molecule has 1 saturated carbocycles. The lowest BCUT2D eigenvalue weighted by atomic mass is 9.90. The molecule has 0 amide bonds. The molecule has 0 aromatic heterocycles. The van der Waals surface area contributed by atoms with Crippen molar-refractivity contribution >= 4 is 5.97 Å². The van der Waals surface area contributed by atoms with Gasteiger partial charge in [0, 0.05) is 12.1 Å². The summed E-state index contributed by atoms with van der Waals surface area (Å²) >= 11 is 0. The average Bonchev–Trinajstić information content (AvgIpc) is 2.38. The number of esters is 1. The minimum atomic E-state index is -0.891. The highest BCUT2D eigenvalue weighted by Crippen LogP contribution is 2.25. The summed E-state index contributed by atoms with van der Waals surface area (Å²) in [6.45, 7) is 6.12. The minimum Gasteiger partial charge on any atom is -0.465 e. The Balaban J connectivity index is 2.52. The standard InChI is InChI=1S/C15H30N2O2/c1-5-19-14(18)15(3,16)11-12(2)17(4)13-9-7-6-8-10-13/h12-13H,5-11,16H2,1-4H3. The van der Waals surface area contributed by atoms with Gasteiger partial charge in [-0.2, -0.15) is 0 Å². The van der Waals surface area contributed by atoms with Crippen molar-refractivity contribution in [3.63, 3.8) is 0 Å². The van der Waals surface area contributed by atoms with Crippen LogP contribution in [0.2, 0.25) is 0 Å². The second kappa shape index (κ2) is 7.25. The molecule has 0 radical (unpaired) electrons. The predicted molar refractivity (Wildman–Crippen MR) is 77.9 cm³/mol. The molecule has 4 nitrogen and oxygen atoms in total. The SMILES string of the molecule is CCOC(=O)C(C)(N)CC(C)N(C)C1CCCCC1. The first kappa shape index (κ1) is 16.4.